The van der Waals surface area contributed by atoms with E-state index in [9.17, 15) is 4.79 Å². The van der Waals surface area contributed by atoms with Crippen LogP contribution in [0.25, 0.3) is 0 Å². The van der Waals surface area contributed by atoms with Crippen molar-refractivity contribution >= 4 is 17.7 Å². The fraction of sp³-hybridized carbons (Fsp3) is 0.611. The quantitative estimate of drug-likeness (QED) is 0.789. The van der Waals surface area contributed by atoms with Gasteiger partial charge in [0.2, 0.25) is 5.91 Å². The van der Waals surface area contributed by atoms with E-state index < -0.39 is 0 Å². The molecule has 2 aliphatic heterocycles. The second-order valence-electron chi connectivity index (χ2n) is 6.27. The monoisotopic (exact) mass is 350 g/mol. The maximum absolute atomic E-state index is 12.3. The number of piperidine rings is 1. The van der Waals surface area contributed by atoms with Crippen LogP contribution in [-0.2, 0) is 4.79 Å². The molecule has 1 atom stereocenters. The number of benzene rings is 1. The molecule has 2 heterocycles. The van der Waals surface area contributed by atoms with Gasteiger partial charge in [0.1, 0.15) is 5.37 Å². The van der Waals surface area contributed by atoms with Crippen LogP contribution >= 0.6 is 11.8 Å². The average molecular weight is 350 g/mol. The Kier molecular flexibility index (Phi) is 5.89. The summed E-state index contributed by atoms with van der Waals surface area (Å²) in [4.78, 5) is 16.8. The number of ether oxygens (including phenoxy) is 2. The van der Waals surface area contributed by atoms with Gasteiger partial charge >= 0.3 is 0 Å². The van der Waals surface area contributed by atoms with E-state index in [0.29, 0.717) is 11.5 Å². The van der Waals surface area contributed by atoms with Crippen molar-refractivity contribution in [2.45, 2.75) is 24.6 Å². The molecule has 0 radical (unpaired) electrons. The smallest absolute Gasteiger partial charge is 0.233 e. The first-order valence-electron chi connectivity index (χ1n) is 8.58. The molecule has 3 rings (SSSR count). The third-order valence-corrected chi connectivity index (χ3v) is 6.02. The Morgan fingerprint density at radius 3 is 2.54 bits per heavy atom. The third-order valence-electron chi connectivity index (χ3n) is 4.77. The summed E-state index contributed by atoms with van der Waals surface area (Å²) in [5.41, 5.74) is 1.10. The van der Waals surface area contributed by atoms with Gasteiger partial charge < -0.3 is 19.3 Å². The molecule has 0 aromatic heterocycles. The first-order chi connectivity index (χ1) is 11.7. The first kappa shape index (κ1) is 17.4. The van der Waals surface area contributed by atoms with Crippen LogP contribution < -0.4 is 9.47 Å². The average Bonchev–Trinajstić information content (AvgIpc) is 3.00. The Balaban J connectivity index is 1.70. The molecule has 132 valence electrons. The number of amides is 1. The summed E-state index contributed by atoms with van der Waals surface area (Å²) in [6.07, 6.45) is 3.90. The van der Waals surface area contributed by atoms with Crippen molar-refractivity contribution in [3.63, 3.8) is 0 Å². The highest BCUT2D eigenvalue weighted by Gasteiger charge is 2.33. The maximum Gasteiger partial charge on any atom is 0.233 e. The highest BCUT2D eigenvalue weighted by Crippen LogP contribution is 2.41. The summed E-state index contributed by atoms with van der Waals surface area (Å²) >= 11 is 1.69. The van der Waals surface area contributed by atoms with Gasteiger partial charge in [0, 0.05) is 13.1 Å². The Hall–Kier alpha value is -1.40. The van der Waals surface area contributed by atoms with Crippen molar-refractivity contribution in [3.05, 3.63) is 23.8 Å². The van der Waals surface area contributed by atoms with Crippen molar-refractivity contribution < 1.29 is 14.3 Å². The number of methoxy groups -OCH3 is 2. The zero-order valence-corrected chi connectivity index (χ0v) is 15.3. The predicted molar refractivity (Wildman–Crippen MR) is 96.7 cm³/mol. The van der Waals surface area contributed by atoms with Gasteiger partial charge in [0.15, 0.2) is 11.5 Å². The SMILES string of the molecule is COc1ccc(C2SCC(=O)N2CCN2CCCCC2)cc1OC. The fourth-order valence-corrected chi connectivity index (χ4v) is 4.62. The molecule has 0 saturated carbocycles. The molecule has 1 unspecified atom stereocenters. The van der Waals surface area contributed by atoms with Crippen LogP contribution in [0.5, 0.6) is 11.5 Å². The number of likely N-dealkylation sites (tertiary alicyclic amines) is 1. The molecule has 1 aromatic rings. The summed E-state index contributed by atoms with van der Waals surface area (Å²) < 4.78 is 10.7. The second kappa shape index (κ2) is 8.12. The van der Waals surface area contributed by atoms with E-state index in [1.54, 1.807) is 26.0 Å². The van der Waals surface area contributed by atoms with Gasteiger partial charge in [-0.05, 0) is 43.6 Å². The van der Waals surface area contributed by atoms with Crippen LogP contribution in [0.15, 0.2) is 18.2 Å². The van der Waals surface area contributed by atoms with Crippen LogP contribution in [0.2, 0.25) is 0 Å². The van der Waals surface area contributed by atoms with Gasteiger partial charge in [-0.3, -0.25) is 4.79 Å². The summed E-state index contributed by atoms with van der Waals surface area (Å²) in [6.45, 7) is 4.09. The molecule has 0 bridgehead atoms. The van der Waals surface area contributed by atoms with Crippen molar-refractivity contribution in [3.8, 4) is 11.5 Å². The van der Waals surface area contributed by atoms with E-state index in [0.717, 1.165) is 37.5 Å². The van der Waals surface area contributed by atoms with Gasteiger partial charge in [0.25, 0.3) is 0 Å². The molecule has 1 aromatic carbocycles. The highest BCUT2D eigenvalue weighted by atomic mass is 32.2. The number of thioether (sulfide) groups is 1. The van der Waals surface area contributed by atoms with Gasteiger partial charge in [-0.1, -0.05) is 12.5 Å². The van der Waals surface area contributed by atoms with Crippen LogP contribution in [0.4, 0.5) is 0 Å². The first-order valence-corrected chi connectivity index (χ1v) is 9.63. The second-order valence-corrected chi connectivity index (χ2v) is 7.34. The zero-order chi connectivity index (χ0) is 16.9. The normalized spacial score (nSPS) is 22.0. The number of carbonyl (C=O) groups excluding carboxylic acids is 1. The molecule has 0 aliphatic carbocycles. The lowest BCUT2D eigenvalue weighted by atomic mass is 10.1. The van der Waals surface area contributed by atoms with Gasteiger partial charge in [-0.25, -0.2) is 0 Å². The largest absolute Gasteiger partial charge is 0.493 e. The number of carbonyl (C=O) groups is 1. The summed E-state index contributed by atoms with van der Waals surface area (Å²) in [7, 11) is 3.28. The maximum atomic E-state index is 12.3. The lowest BCUT2D eigenvalue weighted by molar-refractivity contribution is -0.128. The van der Waals surface area contributed by atoms with Crippen molar-refractivity contribution in [2.24, 2.45) is 0 Å². The molecule has 2 saturated heterocycles. The molecule has 24 heavy (non-hydrogen) atoms. The molecule has 0 spiro atoms. The number of rotatable bonds is 6. The van der Waals surface area contributed by atoms with Crippen LogP contribution in [0.3, 0.4) is 0 Å². The van der Waals surface area contributed by atoms with E-state index >= 15 is 0 Å². The molecular formula is C18H26N2O3S. The van der Waals surface area contributed by atoms with E-state index in [-0.39, 0.29) is 11.3 Å². The lowest BCUT2D eigenvalue weighted by Gasteiger charge is -2.30. The minimum absolute atomic E-state index is 0.0714. The third kappa shape index (κ3) is 3.81. The molecular weight excluding hydrogens is 324 g/mol. The highest BCUT2D eigenvalue weighted by molar-refractivity contribution is 8.00. The molecule has 2 fully saturated rings. The minimum Gasteiger partial charge on any atom is -0.493 e. The Morgan fingerprint density at radius 2 is 1.83 bits per heavy atom. The summed E-state index contributed by atoms with van der Waals surface area (Å²) in [5, 5.41) is 0.0714. The molecule has 2 aliphatic rings. The predicted octanol–water partition coefficient (Wildman–Crippen LogP) is 2.76. The standard InChI is InChI=1S/C18H26N2O3S/c1-22-15-7-6-14(12-16(15)23-2)18-20(17(21)13-24-18)11-10-19-8-4-3-5-9-19/h6-7,12,18H,3-5,8-11,13H2,1-2H3. The van der Waals surface area contributed by atoms with Crippen molar-refractivity contribution in [1.82, 2.24) is 9.80 Å². The number of hydrogen-bond donors (Lipinski definition) is 0. The van der Waals surface area contributed by atoms with Gasteiger partial charge in [-0.2, -0.15) is 0 Å². The Bertz CT molecular complexity index is 575. The fourth-order valence-electron chi connectivity index (χ4n) is 3.41. The van der Waals surface area contributed by atoms with Crippen LogP contribution in [0.1, 0.15) is 30.2 Å². The molecule has 5 nitrogen and oxygen atoms in total. The summed E-state index contributed by atoms with van der Waals surface area (Å²) in [6, 6.07) is 5.94. The minimum atomic E-state index is 0.0714. The van der Waals surface area contributed by atoms with E-state index in [4.69, 9.17) is 9.47 Å². The zero-order valence-electron chi connectivity index (χ0n) is 14.5. The van der Waals surface area contributed by atoms with E-state index in [2.05, 4.69) is 4.90 Å². The van der Waals surface area contributed by atoms with Gasteiger partial charge in [0.05, 0.1) is 20.0 Å². The van der Waals surface area contributed by atoms with Gasteiger partial charge in [-0.15, -0.1) is 11.8 Å². The van der Waals surface area contributed by atoms with Crippen LogP contribution in [0, 0.1) is 0 Å². The topological polar surface area (TPSA) is 42.0 Å². The molecule has 0 N–H and O–H groups in total. The molecule has 6 heteroatoms. The Morgan fingerprint density at radius 1 is 1.08 bits per heavy atom. The number of nitrogens with zero attached hydrogens (tertiary/aromatic N) is 2. The Labute approximate surface area is 148 Å². The van der Waals surface area contributed by atoms with E-state index in [1.807, 2.05) is 23.1 Å². The molecule has 1 amide bonds. The summed E-state index contributed by atoms with van der Waals surface area (Å²) in [5.74, 6) is 2.22. The van der Waals surface area contributed by atoms with Crippen LogP contribution in [-0.4, -0.2) is 61.9 Å². The van der Waals surface area contributed by atoms with E-state index in [1.165, 1.54) is 19.3 Å². The van der Waals surface area contributed by atoms with Crippen molar-refractivity contribution in [2.75, 3.05) is 46.2 Å². The van der Waals surface area contributed by atoms with Crippen molar-refractivity contribution in [1.29, 1.82) is 0 Å². The lowest BCUT2D eigenvalue weighted by Crippen LogP contribution is -2.39. The number of hydrogen-bond acceptors (Lipinski definition) is 5.